The predicted molar refractivity (Wildman–Crippen MR) is 96.3 cm³/mol. The quantitative estimate of drug-likeness (QED) is 0.805. The van der Waals surface area contributed by atoms with Gasteiger partial charge in [0.25, 0.3) is 0 Å². The van der Waals surface area contributed by atoms with E-state index in [1.54, 1.807) is 7.11 Å². The van der Waals surface area contributed by atoms with Crippen LogP contribution in [0.4, 0.5) is 5.69 Å². The van der Waals surface area contributed by atoms with Crippen LogP contribution in [0, 0.1) is 5.41 Å². The Hall–Kier alpha value is -1.59. The second kappa shape index (κ2) is 8.49. The number of carbonyl (C=O) groups excluding carboxylic acids is 1. The van der Waals surface area contributed by atoms with Gasteiger partial charge < -0.3 is 15.2 Å². The summed E-state index contributed by atoms with van der Waals surface area (Å²) >= 11 is 0. The first-order chi connectivity index (χ1) is 11.6. The molecule has 1 amide bonds. The zero-order valence-electron chi connectivity index (χ0n) is 15.0. The van der Waals surface area contributed by atoms with E-state index in [-0.39, 0.29) is 24.0 Å². The van der Waals surface area contributed by atoms with Crippen molar-refractivity contribution in [2.75, 3.05) is 32.1 Å². The molecule has 1 aliphatic heterocycles. The SMILES string of the molecule is CCC(C(=O)Nc1ccc(OC)cc1)N1CCC(CC)(CO)CC1. The van der Waals surface area contributed by atoms with Gasteiger partial charge in [-0.25, -0.2) is 0 Å². The number of piperidine rings is 1. The standard InChI is InChI=1S/C19H30N2O3/c1-4-17(21-12-10-19(5-2,14-22)11-13-21)18(23)20-15-6-8-16(24-3)9-7-15/h6-9,17,22H,4-5,10-14H2,1-3H3,(H,20,23). The summed E-state index contributed by atoms with van der Waals surface area (Å²) in [5.74, 6) is 0.812. The number of hydrogen-bond acceptors (Lipinski definition) is 4. The number of benzene rings is 1. The largest absolute Gasteiger partial charge is 0.497 e. The molecule has 24 heavy (non-hydrogen) atoms. The zero-order chi connectivity index (χ0) is 17.6. The molecule has 1 aromatic carbocycles. The maximum absolute atomic E-state index is 12.7. The summed E-state index contributed by atoms with van der Waals surface area (Å²) in [5, 5.41) is 12.7. The lowest BCUT2D eigenvalue weighted by Gasteiger charge is -2.42. The van der Waals surface area contributed by atoms with Crippen molar-refractivity contribution in [3.05, 3.63) is 24.3 Å². The second-order valence-electron chi connectivity index (χ2n) is 6.69. The minimum atomic E-state index is -0.124. The topological polar surface area (TPSA) is 61.8 Å². The molecule has 0 aliphatic carbocycles. The summed E-state index contributed by atoms with van der Waals surface area (Å²) in [7, 11) is 1.62. The number of anilines is 1. The Bertz CT molecular complexity index is 516. The van der Waals surface area contributed by atoms with Gasteiger partial charge >= 0.3 is 0 Å². The summed E-state index contributed by atoms with van der Waals surface area (Å²) in [6, 6.07) is 7.27. The highest BCUT2D eigenvalue weighted by molar-refractivity contribution is 5.94. The van der Waals surface area contributed by atoms with Crippen molar-refractivity contribution in [2.45, 2.75) is 45.6 Å². The molecule has 1 saturated heterocycles. The molecular formula is C19H30N2O3. The van der Waals surface area contributed by atoms with Gasteiger partial charge in [-0.3, -0.25) is 9.69 Å². The zero-order valence-corrected chi connectivity index (χ0v) is 15.0. The minimum absolute atomic E-state index is 0.0377. The first kappa shape index (κ1) is 18.7. The van der Waals surface area contributed by atoms with Crippen LogP contribution in [0.2, 0.25) is 0 Å². The number of rotatable bonds is 7. The van der Waals surface area contributed by atoms with E-state index in [0.29, 0.717) is 0 Å². The van der Waals surface area contributed by atoms with Gasteiger partial charge in [-0.05, 0) is 68.5 Å². The first-order valence-electron chi connectivity index (χ1n) is 8.87. The molecule has 1 fully saturated rings. The van der Waals surface area contributed by atoms with E-state index in [0.717, 1.165) is 50.2 Å². The Morgan fingerprint density at radius 3 is 2.38 bits per heavy atom. The summed E-state index contributed by atoms with van der Waals surface area (Å²) in [6.45, 7) is 6.16. The smallest absolute Gasteiger partial charge is 0.241 e. The van der Waals surface area contributed by atoms with Crippen molar-refractivity contribution in [1.29, 1.82) is 0 Å². The Morgan fingerprint density at radius 2 is 1.92 bits per heavy atom. The van der Waals surface area contributed by atoms with Crippen LogP contribution in [0.15, 0.2) is 24.3 Å². The van der Waals surface area contributed by atoms with Crippen LogP contribution in [0.5, 0.6) is 5.75 Å². The third-order valence-corrected chi connectivity index (χ3v) is 5.43. The Morgan fingerprint density at radius 1 is 1.29 bits per heavy atom. The van der Waals surface area contributed by atoms with Crippen LogP contribution in [-0.2, 0) is 4.79 Å². The maximum Gasteiger partial charge on any atom is 0.241 e. The third kappa shape index (κ3) is 4.28. The summed E-state index contributed by atoms with van der Waals surface area (Å²) in [4.78, 5) is 14.9. The Labute approximate surface area is 145 Å². The molecule has 134 valence electrons. The van der Waals surface area contributed by atoms with Gasteiger partial charge in [-0.1, -0.05) is 13.8 Å². The lowest BCUT2D eigenvalue weighted by molar-refractivity contribution is -0.122. The van der Waals surface area contributed by atoms with Crippen molar-refractivity contribution in [1.82, 2.24) is 4.90 Å². The highest BCUT2D eigenvalue weighted by Crippen LogP contribution is 2.35. The highest BCUT2D eigenvalue weighted by atomic mass is 16.5. The van der Waals surface area contributed by atoms with Crippen LogP contribution >= 0.6 is 0 Å². The molecule has 2 rings (SSSR count). The fraction of sp³-hybridized carbons (Fsp3) is 0.632. The number of nitrogens with one attached hydrogen (secondary N) is 1. The summed E-state index contributed by atoms with van der Waals surface area (Å²) in [5.41, 5.74) is 0.830. The van der Waals surface area contributed by atoms with E-state index in [2.05, 4.69) is 17.1 Å². The summed E-state index contributed by atoms with van der Waals surface area (Å²) in [6.07, 6.45) is 3.67. The first-order valence-corrected chi connectivity index (χ1v) is 8.87. The minimum Gasteiger partial charge on any atom is -0.497 e. The van der Waals surface area contributed by atoms with E-state index < -0.39 is 0 Å². The number of aliphatic hydroxyl groups excluding tert-OH is 1. The van der Waals surface area contributed by atoms with Crippen molar-refractivity contribution < 1.29 is 14.6 Å². The van der Waals surface area contributed by atoms with Crippen molar-refractivity contribution in [2.24, 2.45) is 5.41 Å². The van der Waals surface area contributed by atoms with Gasteiger partial charge in [-0.15, -0.1) is 0 Å². The maximum atomic E-state index is 12.7. The van der Waals surface area contributed by atoms with Crippen LogP contribution in [-0.4, -0.2) is 48.8 Å². The van der Waals surface area contributed by atoms with Gasteiger partial charge in [0, 0.05) is 12.3 Å². The van der Waals surface area contributed by atoms with Crippen LogP contribution < -0.4 is 10.1 Å². The molecule has 1 heterocycles. The molecule has 2 N–H and O–H groups in total. The van der Waals surface area contributed by atoms with Gasteiger partial charge in [0.15, 0.2) is 0 Å². The van der Waals surface area contributed by atoms with Crippen molar-refractivity contribution in [3.63, 3.8) is 0 Å². The number of methoxy groups -OCH3 is 1. The molecule has 0 radical (unpaired) electrons. The highest BCUT2D eigenvalue weighted by Gasteiger charge is 2.36. The number of aliphatic hydroxyl groups is 1. The third-order valence-electron chi connectivity index (χ3n) is 5.43. The normalized spacial score (nSPS) is 18.8. The number of hydrogen-bond donors (Lipinski definition) is 2. The molecular weight excluding hydrogens is 304 g/mol. The molecule has 0 spiro atoms. The van der Waals surface area contributed by atoms with Crippen molar-refractivity contribution >= 4 is 11.6 Å². The number of nitrogens with zero attached hydrogens (tertiary/aromatic N) is 1. The molecule has 0 aromatic heterocycles. The average Bonchev–Trinajstić information content (AvgIpc) is 2.63. The van der Waals surface area contributed by atoms with Gasteiger partial charge in [0.2, 0.25) is 5.91 Å². The molecule has 5 nitrogen and oxygen atoms in total. The average molecular weight is 334 g/mol. The van der Waals surface area contributed by atoms with Crippen LogP contribution in [0.3, 0.4) is 0 Å². The van der Waals surface area contributed by atoms with Crippen LogP contribution in [0.1, 0.15) is 39.5 Å². The van der Waals surface area contributed by atoms with E-state index >= 15 is 0 Å². The van der Waals surface area contributed by atoms with Crippen LogP contribution in [0.25, 0.3) is 0 Å². The lowest BCUT2D eigenvalue weighted by Crippen LogP contribution is -2.50. The molecule has 0 saturated carbocycles. The van der Waals surface area contributed by atoms with Gasteiger partial charge in [0.1, 0.15) is 5.75 Å². The molecule has 1 unspecified atom stereocenters. The monoisotopic (exact) mass is 334 g/mol. The fourth-order valence-electron chi connectivity index (χ4n) is 3.44. The van der Waals surface area contributed by atoms with Gasteiger partial charge in [0.05, 0.1) is 13.2 Å². The Balaban J connectivity index is 1.96. The second-order valence-corrected chi connectivity index (χ2v) is 6.69. The number of amides is 1. The van der Waals surface area contributed by atoms with E-state index in [4.69, 9.17) is 4.74 Å². The molecule has 1 aromatic rings. The van der Waals surface area contributed by atoms with E-state index in [1.165, 1.54) is 0 Å². The molecule has 1 atom stereocenters. The van der Waals surface area contributed by atoms with E-state index in [9.17, 15) is 9.90 Å². The van der Waals surface area contributed by atoms with E-state index in [1.807, 2.05) is 31.2 Å². The Kier molecular flexibility index (Phi) is 6.63. The number of carbonyl (C=O) groups is 1. The summed E-state index contributed by atoms with van der Waals surface area (Å²) < 4.78 is 5.14. The lowest BCUT2D eigenvalue weighted by atomic mass is 9.76. The number of likely N-dealkylation sites (tertiary alicyclic amines) is 1. The fourth-order valence-corrected chi connectivity index (χ4v) is 3.44. The van der Waals surface area contributed by atoms with Gasteiger partial charge in [-0.2, -0.15) is 0 Å². The molecule has 1 aliphatic rings. The molecule has 0 bridgehead atoms. The molecule has 5 heteroatoms. The van der Waals surface area contributed by atoms with Crippen molar-refractivity contribution in [3.8, 4) is 5.75 Å². The predicted octanol–water partition coefficient (Wildman–Crippen LogP) is 2.90. The number of ether oxygens (including phenoxy) is 1.